The van der Waals surface area contributed by atoms with E-state index in [1.807, 2.05) is 51.0 Å². The summed E-state index contributed by atoms with van der Waals surface area (Å²) in [5.74, 6) is -0.206. The molecule has 3 rings (SSSR count). The summed E-state index contributed by atoms with van der Waals surface area (Å²) in [6.45, 7) is 5.91. The van der Waals surface area contributed by atoms with E-state index in [9.17, 15) is 13.2 Å². The molecule has 0 fully saturated rings. The highest BCUT2D eigenvalue weighted by molar-refractivity contribution is 9.10. The van der Waals surface area contributed by atoms with Gasteiger partial charge in [0.25, 0.3) is 5.91 Å². The van der Waals surface area contributed by atoms with Crippen molar-refractivity contribution in [1.29, 1.82) is 0 Å². The molecule has 0 saturated heterocycles. The van der Waals surface area contributed by atoms with E-state index in [1.54, 1.807) is 17.0 Å². The van der Waals surface area contributed by atoms with Gasteiger partial charge in [0.05, 0.1) is 15.1 Å². The fourth-order valence-corrected chi connectivity index (χ4v) is 6.47. The largest absolute Gasteiger partial charge is 0.308 e. The Morgan fingerprint density at radius 1 is 1.03 bits per heavy atom. The molecule has 0 bridgehead atoms. The van der Waals surface area contributed by atoms with Crippen LogP contribution in [-0.2, 0) is 10.0 Å². The number of hydrogen-bond donors (Lipinski definition) is 0. The highest BCUT2D eigenvalue weighted by atomic mass is 79.9. The van der Waals surface area contributed by atoms with Gasteiger partial charge in [-0.05, 0) is 63.0 Å². The molecule has 0 radical (unpaired) electrons. The molecule has 1 heterocycles. The van der Waals surface area contributed by atoms with E-state index in [2.05, 4.69) is 20.9 Å². The van der Waals surface area contributed by atoms with E-state index in [0.717, 1.165) is 27.5 Å². The molecule has 0 spiro atoms. The fraction of sp³-hybridized carbons (Fsp3) is 0.417. The Hall–Kier alpha value is -1.85. The standard InChI is InChI=1S/C24H31BrN4O3S2/c1-5-7-14-28(6-2)34(31,32)20-11-8-18(9-12-20)23(30)29(16-15-27(3)4)24-26-21-13-10-19(25)17-22(21)33-24/h8-13,17H,5-7,14-16H2,1-4H3. The Labute approximate surface area is 214 Å². The third-order valence-electron chi connectivity index (χ3n) is 5.44. The van der Waals surface area contributed by atoms with E-state index in [4.69, 9.17) is 0 Å². The second-order valence-corrected chi connectivity index (χ2v) is 12.1. The zero-order chi connectivity index (χ0) is 24.9. The van der Waals surface area contributed by atoms with Crippen molar-refractivity contribution >= 4 is 58.5 Å². The maximum Gasteiger partial charge on any atom is 0.260 e. The van der Waals surface area contributed by atoms with Crippen LogP contribution in [0.25, 0.3) is 10.2 Å². The van der Waals surface area contributed by atoms with Gasteiger partial charge in [0.1, 0.15) is 0 Å². The van der Waals surface area contributed by atoms with Gasteiger partial charge in [-0.15, -0.1) is 0 Å². The van der Waals surface area contributed by atoms with Gasteiger partial charge in [-0.2, -0.15) is 4.31 Å². The molecule has 34 heavy (non-hydrogen) atoms. The van der Waals surface area contributed by atoms with Crippen LogP contribution < -0.4 is 4.90 Å². The number of unbranched alkanes of at least 4 members (excludes halogenated alkanes) is 1. The molecular weight excluding hydrogens is 536 g/mol. The molecule has 184 valence electrons. The van der Waals surface area contributed by atoms with Crippen LogP contribution >= 0.6 is 27.3 Å². The van der Waals surface area contributed by atoms with Crippen LogP contribution in [-0.4, -0.2) is 68.8 Å². The first kappa shape index (κ1) is 26.7. The number of fused-ring (bicyclic) bond motifs is 1. The van der Waals surface area contributed by atoms with Crippen molar-refractivity contribution in [2.24, 2.45) is 0 Å². The third kappa shape index (κ3) is 6.23. The van der Waals surface area contributed by atoms with Crippen LogP contribution in [0.15, 0.2) is 51.8 Å². The van der Waals surface area contributed by atoms with Gasteiger partial charge < -0.3 is 4.90 Å². The van der Waals surface area contributed by atoms with Crippen molar-refractivity contribution in [3.05, 3.63) is 52.5 Å². The fourth-order valence-electron chi connectivity index (χ4n) is 3.44. The monoisotopic (exact) mass is 566 g/mol. The number of anilines is 1. The van der Waals surface area contributed by atoms with Crippen molar-refractivity contribution in [1.82, 2.24) is 14.2 Å². The van der Waals surface area contributed by atoms with Crippen LogP contribution in [0, 0.1) is 0 Å². The number of rotatable bonds is 11. The van der Waals surface area contributed by atoms with Gasteiger partial charge in [-0.3, -0.25) is 9.69 Å². The lowest BCUT2D eigenvalue weighted by Gasteiger charge is -2.23. The van der Waals surface area contributed by atoms with Crippen LogP contribution in [0.1, 0.15) is 37.0 Å². The number of likely N-dealkylation sites (N-methyl/N-ethyl adjacent to an activating group) is 1. The highest BCUT2D eigenvalue weighted by Gasteiger charge is 2.25. The van der Waals surface area contributed by atoms with Gasteiger partial charge in [-0.25, -0.2) is 13.4 Å². The zero-order valence-corrected chi connectivity index (χ0v) is 23.2. The van der Waals surface area contributed by atoms with Crippen molar-refractivity contribution < 1.29 is 13.2 Å². The molecule has 0 aliphatic rings. The number of benzene rings is 2. The number of amides is 1. The number of hydrogen-bond acceptors (Lipinski definition) is 6. The molecule has 1 aromatic heterocycles. The van der Waals surface area contributed by atoms with Crippen LogP contribution in [0.5, 0.6) is 0 Å². The Morgan fingerprint density at radius 3 is 2.35 bits per heavy atom. The molecule has 1 amide bonds. The number of carbonyl (C=O) groups excluding carboxylic acids is 1. The molecular formula is C24H31BrN4O3S2. The van der Waals surface area contributed by atoms with E-state index < -0.39 is 10.0 Å². The lowest BCUT2D eigenvalue weighted by Crippen LogP contribution is -2.36. The molecule has 0 unspecified atom stereocenters. The Bertz CT molecular complexity index is 1230. The second kappa shape index (κ2) is 11.7. The first-order valence-electron chi connectivity index (χ1n) is 11.3. The van der Waals surface area contributed by atoms with E-state index in [0.29, 0.717) is 36.9 Å². The SMILES string of the molecule is CCCCN(CC)S(=O)(=O)c1ccc(C(=O)N(CCN(C)C)c2nc3ccc(Br)cc3s2)cc1. The van der Waals surface area contributed by atoms with E-state index in [1.165, 1.54) is 27.8 Å². The number of thiazole rings is 1. The predicted octanol–water partition coefficient (Wildman–Crippen LogP) is 5.08. The third-order valence-corrected chi connectivity index (χ3v) is 8.96. The molecule has 0 atom stereocenters. The summed E-state index contributed by atoms with van der Waals surface area (Å²) < 4.78 is 29.5. The number of aromatic nitrogens is 1. The molecule has 0 aliphatic heterocycles. The lowest BCUT2D eigenvalue weighted by atomic mass is 10.2. The molecule has 3 aromatic rings. The summed E-state index contributed by atoms with van der Waals surface area (Å²) in [6, 6.07) is 12.1. The number of nitrogens with zero attached hydrogens (tertiary/aromatic N) is 4. The molecule has 0 saturated carbocycles. The summed E-state index contributed by atoms with van der Waals surface area (Å²) in [5.41, 5.74) is 1.26. The summed E-state index contributed by atoms with van der Waals surface area (Å²) in [4.78, 5) is 22.1. The summed E-state index contributed by atoms with van der Waals surface area (Å²) >= 11 is 4.94. The summed E-state index contributed by atoms with van der Waals surface area (Å²) in [6.07, 6.45) is 1.73. The van der Waals surface area contributed by atoms with Crippen LogP contribution in [0.2, 0.25) is 0 Å². The maximum absolute atomic E-state index is 13.5. The van der Waals surface area contributed by atoms with E-state index >= 15 is 0 Å². The predicted molar refractivity (Wildman–Crippen MR) is 143 cm³/mol. The van der Waals surface area contributed by atoms with Crippen LogP contribution in [0.3, 0.4) is 0 Å². The van der Waals surface area contributed by atoms with Gasteiger partial charge in [0.2, 0.25) is 10.0 Å². The van der Waals surface area contributed by atoms with E-state index in [-0.39, 0.29) is 10.8 Å². The number of carbonyl (C=O) groups is 1. The van der Waals surface area contributed by atoms with Crippen LogP contribution in [0.4, 0.5) is 5.13 Å². The van der Waals surface area contributed by atoms with Gasteiger partial charge in [0.15, 0.2) is 5.13 Å². The summed E-state index contributed by atoms with van der Waals surface area (Å²) in [5, 5.41) is 0.619. The molecule has 2 aromatic carbocycles. The van der Waals surface area contributed by atoms with Crippen molar-refractivity contribution in [2.75, 3.05) is 45.2 Å². The first-order chi connectivity index (χ1) is 16.2. The quantitative estimate of drug-likeness (QED) is 0.323. The van der Waals surface area contributed by atoms with Gasteiger partial charge in [0, 0.05) is 36.2 Å². The minimum atomic E-state index is -3.59. The minimum Gasteiger partial charge on any atom is -0.308 e. The molecule has 7 nitrogen and oxygen atoms in total. The molecule has 10 heteroatoms. The van der Waals surface area contributed by atoms with Crippen molar-refractivity contribution in [2.45, 2.75) is 31.6 Å². The molecule has 0 aliphatic carbocycles. The zero-order valence-electron chi connectivity index (χ0n) is 20.0. The van der Waals surface area contributed by atoms with Crippen molar-refractivity contribution in [3.8, 4) is 0 Å². The van der Waals surface area contributed by atoms with Gasteiger partial charge >= 0.3 is 0 Å². The minimum absolute atomic E-state index is 0.201. The normalized spacial score (nSPS) is 12.1. The Balaban J connectivity index is 1.90. The maximum atomic E-state index is 13.5. The average Bonchev–Trinajstić information content (AvgIpc) is 3.22. The number of halogens is 1. The number of sulfonamides is 1. The average molecular weight is 568 g/mol. The second-order valence-electron chi connectivity index (χ2n) is 8.24. The first-order valence-corrected chi connectivity index (χ1v) is 14.3. The Morgan fingerprint density at radius 2 is 1.74 bits per heavy atom. The lowest BCUT2D eigenvalue weighted by molar-refractivity contribution is 0.0985. The van der Waals surface area contributed by atoms with Crippen molar-refractivity contribution in [3.63, 3.8) is 0 Å². The molecule has 0 N–H and O–H groups in total. The highest BCUT2D eigenvalue weighted by Crippen LogP contribution is 2.31. The smallest absolute Gasteiger partial charge is 0.260 e. The summed E-state index contributed by atoms with van der Waals surface area (Å²) in [7, 11) is 0.314. The Kier molecular flexibility index (Phi) is 9.22. The topological polar surface area (TPSA) is 73.8 Å². The van der Waals surface area contributed by atoms with Gasteiger partial charge in [-0.1, -0.05) is 47.5 Å².